The van der Waals surface area contributed by atoms with Gasteiger partial charge in [0.25, 0.3) is 5.91 Å². The van der Waals surface area contributed by atoms with Gasteiger partial charge in [-0.15, -0.1) is 0 Å². The Balaban J connectivity index is 1.62. The molecule has 1 unspecified atom stereocenters. The summed E-state index contributed by atoms with van der Waals surface area (Å²) in [7, 11) is 1.57. The zero-order valence-electron chi connectivity index (χ0n) is 17.5. The molecule has 1 amide bonds. The molecule has 1 aromatic carbocycles. The summed E-state index contributed by atoms with van der Waals surface area (Å²) in [4.78, 5) is 31.5. The largest absolute Gasteiger partial charge is 0.503 e. The van der Waals surface area contributed by atoms with Crippen molar-refractivity contribution >= 4 is 17.8 Å². The number of rotatable bonds is 9. The van der Waals surface area contributed by atoms with Crippen LogP contribution >= 0.6 is 0 Å². The lowest BCUT2D eigenvalue weighted by Crippen LogP contribution is -2.32. The molecule has 0 spiro atoms. The van der Waals surface area contributed by atoms with Gasteiger partial charge >= 0.3 is 0 Å². The Bertz CT molecular complexity index is 1130. The maximum Gasteiger partial charge on any atom is 0.290 e. The zero-order valence-corrected chi connectivity index (χ0v) is 17.5. The third-order valence-electron chi connectivity index (χ3n) is 5.32. The fraction of sp³-hybridized carbons (Fsp3) is 0.208. The van der Waals surface area contributed by atoms with Gasteiger partial charge in [0.15, 0.2) is 11.5 Å². The summed E-state index contributed by atoms with van der Waals surface area (Å²) in [6, 6.07) is 9.83. The maximum atomic E-state index is 13.0. The predicted molar refractivity (Wildman–Crippen MR) is 117 cm³/mol. The molecule has 1 aliphatic heterocycles. The summed E-state index contributed by atoms with van der Waals surface area (Å²) < 4.78 is 12.4. The van der Waals surface area contributed by atoms with Gasteiger partial charge in [0.1, 0.15) is 11.5 Å². The molecule has 8 nitrogen and oxygen atoms in total. The molecule has 0 bridgehead atoms. The normalized spacial score (nSPS) is 16.3. The fourth-order valence-electron chi connectivity index (χ4n) is 3.75. The Kier molecular flexibility index (Phi) is 6.21. The van der Waals surface area contributed by atoms with E-state index in [1.54, 1.807) is 56.0 Å². The van der Waals surface area contributed by atoms with Crippen molar-refractivity contribution in [2.24, 2.45) is 0 Å². The SMILES string of the molecule is COc1ccc(C2C(C(=O)C=Cc3ccco3)=C(O)C(=O)N2CCCn2ccnc2)cc1. The molecule has 0 fully saturated rings. The van der Waals surface area contributed by atoms with E-state index in [1.807, 2.05) is 10.8 Å². The predicted octanol–water partition coefficient (Wildman–Crippen LogP) is 3.55. The number of carbonyl (C=O) groups is 2. The summed E-state index contributed by atoms with van der Waals surface area (Å²) in [5, 5.41) is 10.6. The number of amides is 1. The average molecular weight is 433 g/mol. The summed E-state index contributed by atoms with van der Waals surface area (Å²) in [5.41, 5.74) is 0.756. The van der Waals surface area contributed by atoms with Crippen molar-refractivity contribution in [3.05, 3.63) is 90.1 Å². The second-order valence-electron chi connectivity index (χ2n) is 7.30. The molecule has 1 atom stereocenters. The van der Waals surface area contributed by atoms with Gasteiger partial charge in [0, 0.05) is 25.5 Å². The Labute approximate surface area is 185 Å². The highest BCUT2D eigenvalue weighted by molar-refractivity contribution is 6.14. The molecule has 4 rings (SSSR count). The van der Waals surface area contributed by atoms with Crippen LogP contribution in [0.25, 0.3) is 6.08 Å². The van der Waals surface area contributed by atoms with E-state index in [1.165, 1.54) is 23.3 Å². The average Bonchev–Trinajstić information content (AvgIpc) is 3.56. The standard InChI is InChI=1S/C24H23N3O5/c1-31-18-7-5-17(6-8-18)22-21(20(28)10-9-19-4-2-15-32-19)23(29)24(30)27(22)13-3-12-26-14-11-25-16-26/h2,4-11,14-16,22,29H,3,12-13H2,1H3. The Morgan fingerprint density at radius 1 is 1.25 bits per heavy atom. The highest BCUT2D eigenvalue weighted by Gasteiger charge is 2.42. The molecule has 0 saturated carbocycles. The zero-order chi connectivity index (χ0) is 22.5. The number of benzene rings is 1. The number of aromatic nitrogens is 2. The van der Waals surface area contributed by atoms with Crippen LogP contribution in [0.15, 0.2) is 83.2 Å². The van der Waals surface area contributed by atoms with Crippen LogP contribution in [0, 0.1) is 0 Å². The van der Waals surface area contributed by atoms with Gasteiger partial charge in [-0.3, -0.25) is 9.59 Å². The van der Waals surface area contributed by atoms with Gasteiger partial charge < -0.3 is 23.7 Å². The number of furan rings is 1. The van der Waals surface area contributed by atoms with Crippen molar-refractivity contribution in [1.29, 1.82) is 0 Å². The van der Waals surface area contributed by atoms with Crippen LogP contribution in [0.3, 0.4) is 0 Å². The molecule has 2 aromatic heterocycles. The number of allylic oxidation sites excluding steroid dienone is 1. The number of imidazole rings is 1. The Hall–Kier alpha value is -4.07. The highest BCUT2D eigenvalue weighted by atomic mass is 16.5. The first-order valence-electron chi connectivity index (χ1n) is 10.2. The van der Waals surface area contributed by atoms with E-state index in [9.17, 15) is 14.7 Å². The van der Waals surface area contributed by atoms with Crippen molar-refractivity contribution < 1.29 is 23.8 Å². The third kappa shape index (κ3) is 4.34. The van der Waals surface area contributed by atoms with E-state index in [2.05, 4.69) is 4.98 Å². The number of ether oxygens (including phenoxy) is 1. The van der Waals surface area contributed by atoms with Gasteiger partial charge in [-0.1, -0.05) is 12.1 Å². The fourth-order valence-corrected chi connectivity index (χ4v) is 3.75. The molecule has 1 aliphatic rings. The number of aliphatic hydroxyl groups excluding tert-OH is 1. The van der Waals surface area contributed by atoms with Crippen LogP contribution in [-0.2, 0) is 16.1 Å². The number of ketones is 1. The Morgan fingerprint density at radius 3 is 2.72 bits per heavy atom. The van der Waals surface area contributed by atoms with Crippen molar-refractivity contribution in [2.45, 2.75) is 19.0 Å². The molecule has 8 heteroatoms. The monoisotopic (exact) mass is 433 g/mol. The number of aliphatic hydroxyl groups is 1. The van der Waals surface area contributed by atoms with Crippen LogP contribution in [0.1, 0.15) is 23.8 Å². The number of aryl methyl sites for hydroxylation is 1. The number of methoxy groups -OCH3 is 1. The van der Waals surface area contributed by atoms with Gasteiger partial charge in [-0.25, -0.2) is 4.98 Å². The van der Waals surface area contributed by atoms with Gasteiger partial charge in [0.05, 0.1) is 31.3 Å². The van der Waals surface area contributed by atoms with Crippen LogP contribution in [-0.4, -0.2) is 44.9 Å². The second-order valence-corrected chi connectivity index (χ2v) is 7.30. The summed E-state index contributed by atoms with van der Waals surface area (Å²) in [6.45, 7) is 1.01. The molecule has 164 valence electrons. The van der Waals surface area contributed by atoms with E-state index in [-0.39, 0.29) is 5.57 Å². The first kappa shape index (κ1) is 21.2. The molecular formula is C24H23N3O5. The van der Waals surface area contributed by atoms with Crippen molar-refractivity contribution in [3.8, 4) is 5.75 Å². The van der Waals surface area contributed by atoms with Crippen LogP contribution in [0.2, 0.25) is 0 Å². The van der Waals surface area contributed by atoms with E-state index < -0.39 is 23.5 Å². The molecule has 32 heavy (non-hydrogen) atoms. The second kappa shape index (κ2) is 9.38. The minimum atomic E-state index is -0.704. The minimum absolute atomic E-state index is 0.0469. The molecule has 1 N–H and O–H groups in total. The number of hydrogen-bond acceptors (Lipinski definition) is 6. The van der Waals surface area contributed by atoms with Crippen molar-refractivity contribution in [3.63, 3.8) is 0 Å². The topological polar surface area (TPSA) is 97.8 Å². The van der Waals surface area contributed by atoms with Crippen molar-refractivity contribution in [1.82, 2.24) is 14.5 Å². The Morgan fingerprint density at radius 2 is 2.06 bits per heavy atom. The lowest BCUT2D eigenvalue weighted by molar-refractivity contribution is -0.129. The van der Waals surface area contributed by atoms with Crippen LogP contribution in [0.4, 0.5) is 0 Å². The molecular weight excluding hydrogens is 410 g/mol. The first-order chi connectivity index (χ1) is 15.6. The smallest absolute Gasteiger partial charge is 0.290 e. The van der Waals surface area contributed by atoms with Gasteiger partial charge in [-0.05, 0) is 48.4 Å². The van der Waals surface area contributed by atoms with Gasteiger partial charge in [0.2, 0.25) is 0 Å². The maximum absolute atomic E-state index is 13.0. The highest BCUT2D eigenvalue weighted by Crippen LogP contribution is 2.38. The summed E-state index contributed by atoms with van der Waals surface area (Å²) in [5.74, 6) is -0.386. The van der Waals surface area contributed by atoms with E-state index in [0.29, 0.717) is 36.6 Å². The summed E-state index contributed by atoms with van der Waals surface area (Å²) in [6.07, 6.45) is 10.2. The molecule has 3 aromatic rings. The molecule has 3 heterocycles. The van der Waals surface area contributed by atoms with E-state index in [0.717, 1.165) is 0 Å². The summed E-state index contributed by atoms with van der Waals surface area (Å²) >= 11 is 0. The third-order valence-corrected chi connectivity index (χ3v) is 5.32. The number of carbonyl (C=O) groups excluding carboxylic acids is 2. The number of nitrogens with zero attached hydrogens (tertiary/aromatic N) is 3. The molecule has 0 aliphatic carbocycles. The van der Waals surface area contributed by atoms with E-state index in [4.69, 9.17) is 9.15 Å². The van der Waals surface area contributed by atoms with Crippen LogP contribution < -0.4 is 4.74 Å². The lowest BCUT2D eigenvalue weighted by Gasteiger charge is -2.26. The first-order valence-corrected chi connectivity index (χ1v) is 10.2. The number of hydrogen-bond donors (Lipinski definition) is 1. The minimum Gasteiger partial charge on any atom is -0.503 e. The molecule has 0 radical (unpaired) electrons. The quantitative estimate of drug-likeness (QED) is 0.518. The van der Waals surface area contributed by atoms with E-state index >= 15 is 0 Å². The van der Waals surface area contributed by atoms with Crippen molar-refractivity contribution in [2.75, 3.05) is 13.7 Å². The van der Waals surface area contributed by atoms with Gasteiger partial charge in [-0.2, -0.15) is 0 Å². The lowest BCUT2D eigenvalue weighted by atomic mass is 9.95. The molecule has 0 saturated heterocycles. The van der Waals surface area contributed by atoms with Crippen LogP contribution in [0.5, 0.6) is 5.75 Å².